The van der Waals surface area contributed by atoms with Gasteiger partial charge in [0.2, 0.25) is 5.91 Å². The zero-order valence-electron chi connectivity index (χ0n) is 23.9. The fourth-order valence-electron chi connectivity index (χ4n) is 4.88. The summed E-state index contributed by atoms with van der Waals surface area (Å²) in [6.45, 7) is 1.89. The molecule has 2 amide bonds. The lowest BCUT2D eigenvalue weighted by atomic mass is 10.1. The average Bonchev–Trinajstić information content (AvgIpc) is 3.05. The van der Waals surface area contributed by atoms with E-state index in [4.69, 9.17) is 9.47 Å². The van der Waals surface area contributed by atoms with Crippen LogP contribution < -0.4 is 14.4 Å². The monoisotopic (exact) mass is 587 g/mol. The smallest absolute Gasteiger partial charge is 0.254 e. The summed E-state index contributed by atoms with van der Waals surface area (Å²) in [5.41, 5.74) is 2.46. The highest BCUT2D eigenvalue weighted by Gasteiger charge is 2.26. The van der Waals surface area contributed by atoms with E-state index >= 15 is 0 Å². The number of hydrogen-bond donors (Lipinski definition) is 0. The van der Waals surface area contributed by atoms with Crippen molar-refractivity contribution >= 4 is 17.6 Å². The molecule has 43 heavy (non-hydrogen) atoms. The van der Waals surface area contributed by atoms with Crippen molar-refractivity contribution in [2.75, 3.05) is 51.8 Å². The Kier molecular flexibility index (Phi) is 9.09. The van der Waals surface area contributed by atoms with Crippen molar-refractivity contribution in [2.24, 2.45) is 0 Å². The first-order valence-corrected chi connectivity index (χ1v) is 13.7. The predicted molar refractivity (Wildman–Crippen MR) is 157 cm³/mol. The Morgan fingerprint density at radius 1 is 0.791 bits per heavy atom. The molecule has 5 rings (SSSR count). The van der Waals surface area contributed by atoms with Crippen molar-refractivity contribution in [3.8, 4) is 22.8 Å². The standard InChI is InChI=1S/C32H31F2N5O4/c1-42-28-13-7-24(19-29(28)43-2)27-12-14-30(36-35-27)37-15-17-38(18-16-37)31(40)21-39(20-22-3-8-25(33)9-4-22)32(41)23-5-10-26(34)11-6-23/h3-14,19H,15-18,20-21H2,1-2H3. The van der Waals surface area contributed by atoms with E-state index in [-0.39, 0.29) is 24.6 Å². The number of rotatable bonds is 9. The fourth-order valence-corrected chi connectivity index (χ4v) is 4.88. The van der Waals surface area contributed by atoms with Gasteiger partial charge in [0.1, 0.15) is 18.2 Å². The van der Waals surface area contributed by atoms with Gasteiger partial charge in [-0.1, -0.05) is 12.1 Å². The summed E-state index contributed by atoms with van der Waals surface area (Å²) >= 11 is 0. The number of ether oxygens (including phenoxy) is 2. The molecule has 0 bridgehead atoms. The van der Waals surface area contributed by atoms with Gasteiger partial charge in [-0.3, -0.25) is 9.59 Å². The lowest BCUT2D eigenvalue weighted by Crippen LogP contribution is -2.52. The molecule has 11 heteroatoms. The van der Waals surface area contributed by atoms with Crippen LogP contribution in [0.4, 0.5) is 14.6 Å². The van der Waals surface area contributed by atoms with E-state index in [9.17, 15) is 18.4 Å². The second kappa shape index (κ2) is 13.3. The first-order valence-electron chi connectivity index (χ1n) is 13.7. The molecule has 1 saturated heterocycles. The van der Waals surface area contributed by atoms with Crippen molar-refractivity contribution in [3.05, 3.63) is 102 Å². The van der Waals surface area contributed by atoms with Gasteiger partial charge in [-0.2, -0.15) is 0 Å². The summed E-state index contributed by atoms with van der Waals surface area (Å²) in [5.74, 6) is 0.434. The van der Waals surface area contributed by atoms with Gasteiger partial charge in [0.15, 0.2) is 17.3 Å². The summed E-state index contributed by atoms with van der Waals surface area (Å²) in [5, 5.41) is 8.79. The molecule has 0 aliphatic carbocycles. The first-order chi connectivity index (χ1) is 20.8. The van der Waals surface area contributed by atoms with Crippen LogP contribution in [0.1, 0.15) is 15.9 Å². The quantitative estimate of drug-likeness (QED) is 0.286. The molecule has 1 fully saturated rings. The normalized spacial score (nSPS) is 13.0. The third kappa shape index (κ3) is 7.06. The first kappa shape index (κ1) is 29.4. The number of halogens is 2. The number of aromatic nitrogens is 2. The zero-order valence-corrected chi connectivity index (χ0v) is 23.9. The van der Waals surface area contributed by atoms with Crippen molar-refractivity contribution < 1.29 is 27.8 Å². The molecule has 0 N–H and O–H groups in total. The van der Waals surface area contributed by atoms with E-state index in [1.54, 1.807) is 31.3 Å². The number of piperazine rings is 1. The van der Waals surface area contributed by atoms with Gasteiger partial charge >= 0.3 is 0 Å². The number of carbonyl (C=O) groups excluding carboxylic acids is 2. The Bertz CT molecular complexity index is 1560. The van der Waals surface area contributed by atoms with Gasteiger partial charge in [-0.25, -0.2) is 8.78 Å². The predicted octanol–water partition coefficient (Wildman–Crippen LogP) is 4.43. The number of benzene rings is 3. The van der Waals surface area contributed by atoms with Gasteiger partial charge in [-0.05, 0) is 72.3 Å². The van der Waals surface area contributed by atoms with E-state index in [1.807, 2.05) is 30.3 Å². The summed E-state index contributed by atoms with van der Waals surface area (Å²) in [7, 11) is 3.16. The Labute approximate surface area is 248 Å². The van der Waals surface area contributed by atoms with Crippen molar-refractivity contribution in [1.82, 2.24) is 20.0 Å². The third-order valence-corrected chi connectivity index (χ3v) is 7.28. The molecule has 222 valence electrons. The molecule has 1 aliphatic rings. The number of carbonyl (C=O) groups is 2. The van der Waals surface area contributed by atoms with Crippen molar-refractivity contribution in [2.45, 2.75) is 6.54 Å². The van der Waals surface area contributed by atoms with E-state index in [1.165, 1.54) is 41.3 Å². The van der Waals surface area contributed by atoms with Crippen molar-refractivity contribution in [3.63, 3.8) is 0 Å². The lowest BCUT2D eigenvalue weighted by Gasteiger charge is -2.36. The van der Waals surface area contributed by atoms with Gasteiger partial charge in [0.25, 0.3) is 5.91 Å². The molecule has 0 saturated carbocycles. The zero-order chi connectivity index (χ0) is 30.3. The molecule has 9 nitrogen and oxygen atoms in total. The Balaban J connectivity index is 1.22. The molecule has 0 radical (unpaired) electrons. The van der Waals surface area contributed by atoms with Crippen LogP contribution in [0.2, 0.25) is 0 Å². The van der Waals surface area contributed by atoms with Gasteiger partial charge in [0.05, 0.1) is 19.9 Å². The maximum atomic E-state index is 13.5. The molecule has 0 spiro atoms. The number of amides is 2. The van der Waals surface area contributed by atoms with Gasteiger partial charge in [-0.15, -0.1) is 10.2 Å². The number of methoxy groups -OCH3 is 2. The maximum Gasteiger partial charge on any atom is 0.254 e. The highest BCUT2D eigenvalue weighted by atomic mass is 19.1. The van der Waals surface area contributed by atoms with Crippen LogP contribution in [0.5, 0.6) is 11.5 Å². The summed E-state index contributed by atoms with van der Waals surface area (Å²) in [6, 6.07) is 20.2. The van der Waals surface area contributed by atoms with Crippen LogP contribution in [0.15, 0.2) is 78.9 Å². The molecule has 2 heterocycles. The van der Waals surface area contributed by atoms with Gasteiger partial charge in [0, 0.05) is 43.9 Å². The number of hydrogen-bond acceptors (Lipinski definition) is 7. The van der Waals surface area contributed by atoms with Crippen LogP contribution in [0.25, 0.3) is 11.3 Å². The SMILES string of the molecule is COc1ccc(-c2ccc(N3CCN(C(=O)CN(Cc4ccc(F)cc4)C(=O)c4ccc(F)cc4)CC3)nn2)cc1OC. The molecule has 4 aromatic rings. The molecule has 1 aliphatic heterocycles. The second-order valence-corrected chi connectivity index (χ2v) is 10.0. The van der Waals surface area contributed by atoms with Gasteiger partial charge < -0.3 is 24.2 Å². The van der Waals surface area contributed by atoms with Crippen LogP contribution in [0, 0.1) is 11.6 Å². The molecule has 1 aromatic heterocycles. The maximum absolute atomic E-state index is 13.5. The summed E-state index contributed by atoms with van der Waals surface area (Å²) in [4.78, 5) is 31.8. The summed E-state index contributed by atoms with van der Waals surface area (Å²) < 4.78 is 37.6. The average molecular weight is 588 g/mol. The largest absolute Gasteiger partial charge is 0.493 e. The molecular formula is C32H31F2N5O4. The number of nitrogens with zero attached hydrogens (tertiary/aromatic N) is 5. The van der Waals surface area contributed by atoms with E-state index in [2.05, 4.69) is 15.1 Å². The summed E-state index contributed by atoms with van der Waals surface area (Å²) in [6.07, 6.45) is 0. The topological polar surface area (TPSA) is 88.1 Å². The molecule has 3 aromatic carbocycles. The molecular weight excluding hydrogens is 556 g/mol. The van der Waals surface area contributed by atoms with Crippen LogP contribution in [-0.2, 0) is 11.3 Å². The van der Waals surface area contributed by atoms with E-state index in [0.29, 0.717) is 54.8 Å². The second-order valence-electron chi connectivity index (χ2n) is 10.0. The Hall–Kier alpha value is -5.06. The fraction of sp³-hybridized carbons (Fsp3) is 0.250. The van der Waals surface area contributed by atoms with Crippen molar-refractivity contribution in [1.29, 1.82) is 0 Å². The van der Waals surface area contributed by atoms with E-state index in [0.717, 1.165) is 5.56 Å². The van der Waals surface area contributed by atoms with E-state index < -0.39 is 17.5 Å². The minimum atomic E-state index is -0.462. The minimum Gasteiger partial charge on any atom is -0.493 e. The highest BCUT2D eigenvalue weighted by molar-refractivity contribution is 5.96. The Morgan fingerprint density at radius 2 is 1.44 bits per heavy atom. The molecule has 0 unspecified atom stereocenters. The molecule has 0 atom stereocenters. The number of anilines is 1. The highest BCUT2D eigenvalue weighted by Crippen LogP contribution is 2.31. The van der Waals surface area contributed by atoms with Crippen LogP contribution in [-0.4, -0.2) is 78.8 Å². The third-order valence-electron chi connectivity index (χ3n) is 7.28. The minimum absolute atomic E-state index is 0.101. The lowest BCUT2D eigenvalue weighted by molar-refractivity contribution is -0.132. The Morgan fingerprint density at radius 3 is 2.05 bits per heavy atom. The van der Waals surface area contributed by atoms with Crippen LogP contribution >= 0.6 is 0 Å². The van der Waals surface area contributed by atoms with Crippen LogP contribution in [0.3, 0.4) is 0 Å².